The summed E-state index contributed by atoms with van der Waals surface area (Å²) < 4.78 is 43.1. The third-order valence-corrected chi connectivity index (χ3v) is 6.98. The second kappa shape index (κ2) is 11.4. The molecular weight excluding hydrogens is 385 g/mol. The summed E-state index contributed by atoms with van der Waals surface area (Å²) in [7, 11) is 0. The second-order valence-electron chi connectivity index (χ2n) is 9.23. The predicted molar refractivity (Wildman–Crippen MR) is 117 cm³/mol. The van der Waals surface area contributed by atoms with Gasteiger partial charge in [-0.3, -0.25) is 0 Å². The lowest BCUT2D eigenvalue weighted by atomic mass is 9.77. The van der Waals surface area contributed by atoms with Gasteiger partial charge in [-0.25, -0.2) is 0 Å². The van der Waals surface area contributed by atoms with Crippen molar-refractivity contribution < 1.29 is 17.9 Å². The predicted octanol–water partition coefficient (Wildman–Crippen LogP) is 8.31. The summed E-state index contributed by atoms with van der Waals surface area (Å²) in [5.41, 5.74) is 2.79. The first-order valence-electron chi connectivity index (χ1n) is 11.9. The van der Waals surface area contributed by atoms with Crippen molar-refractivity contribution in [2.24, 2.45) is 5.92 Å². The van der Waals surface area contributed by atoms with Gasteiger partial charge in [0.2, 0.25) is 0 Å². The molecule has 168 valence electrons. The van der Waals surface area contributed by atoms with Gasteiger partial charge in [0.15, 0.2) is 0 Å². The van der Waals surface area contributed by atoms with E-state index in [1.165, 1.54) is 49.3 Å². The lowest BCUT2D eigenvalue weighted by molar-refractivity contribution is -0.0803. The van der Waals surface area contributed by atoms with Crippen molar-refractivity contribution in [3.63, 3.8) is 0 Å². The number of allylic oxidation sites excluding steroid dienone is 2. The number of hydrogen-bond acceptors (Lipinski definition) is 1. The molecule has 0 bridgehead atoms. The molecule has 0 aliphatic heterocycles. The van der Waals surface area contributed by atoms with E-state index in [1.807, 2.05) is 0 Å². The Labute approximate surface area is 180 Å². The highest BCUT2D eigenvalue weighted by molar-refractivity contribution is 5.28. The topological polar surface area (TPSA) is 9.23 Å². The third-order valence-electron chi connectivity index (χ3n) is 6.98. The fraction of sp³-hybridized carbons (Fsp3) is 0.692. The average Bonchev–Trinajstić information content (AvgIpc) is 2.76. The lowest BCUT2D eigenvalue weighted by Crippen LogP contribution is -2.21. The van der Waals surface area contributed by atoms with Crippen LogP contribution in [0, 0.1) is 5.92 Å². The Morgan fingerprint density at radius 2 is 1.37 bits per heavy atom. The van der Waals surface area contributed by atoms with E-state index in [0.29, 0.717) is 24.0 Å². The molecule has 4 heteroatoms. The van der Waals surface area contributed by atoms with Crippen LogP contribution >= 0.6 is 0 Å². The second-order valence-corrected chi connectivity index (χ2v) is 9.23. The fourth-order valence-electron chi connectivity index (χ4n) is 5.10. The summed E-state index contributed by atoms with van der Waals surface area (Å²) in [4.78, 5) is 0. The van der Waals surface area contributed by atoms with Crippen LogP contribution in [0.5, 0.6) is 0 Å². The number of halogens is 3. The Kier molecular flexibility index (Phi) is 8.85. The van der Waals surface area contributed by atoms with Crippen LogP contribution < -0.4 is 0 Å². The normalized spacial score (nSPS) is 28.1. The number of alkyl halides is 3. The van der Waals surface area contributed by atoms with Gasteiger partial charge in [0, 0.05) is 12.7 Å². The van der Waals surface area contributed by atoms with Crippen LogP contribution in [0.4, 0.5) is 13.2 Å². The van der Waals surface area contributed by atoms with E-state index in [0.717, 1.165) is 45.1 Å². The zero-order valence-corrected chi connectivity index (χ0v) is 18.3. The smallest absolute Gasteiger partial charge is 0.378 e. The monoisotopic (exact) mass is 422 g/mol. The third kappa shape index (κ3) is 7.44. The number of unbranched alkanes of at least 4 members (excludes halogenated alkanes) is 2. The fourth-order valence-corrected chi connectivity index (χ4v) is 5.10. The molecule has 2 saturated carbocycles. The van der Waals surface area contributed by atoms with Crippen molar-refractivity contribution in [2.75, 3.05) is 6.61 Å². The average molecular weight is 423 g/mol. The molecular formula is C26H37F3O. The van der Waals surface area contributed by atoms with E-state index >= 15 is 0 Å². The number of rotatable bonds is 8. The molecule has 0 N–H and O–H groups in total. The minimum Gasteiger partial charge on any atom is -0.378 e. The van der Waals surface area contributed by atoms with Crippen molar-refractivity contribution in [3.8, 4) is 0 Å². The van der Waals surface area contributed by atoms with Crippen LogP contribution in [0.2, 0.25) is 0 Å². The van der Waals surface area contributed by atoms with Gasteiger partial charge >= 0.3 is 6.18 Å². The van der Waals surface area contributed by atoms with Gasteiger partial charge < -0.3 is 4.74 Å². The summed E-state index contributed by atoms with van der Waals surface area (Å²) in [5.74, 6) is 1.20. The van der Waals surface area contributed by atoms with Crippen molar-refractivity contribution in [3.05, 3.63) is 47.5 Å². The van der Waals surface area contributed by atoms with Gasteiger partial charge in [-0.2, -0.15) is 13.2 Å². The van der Waals surface area contributed by atoms with Crippen LogP contribution in [-0.2, 0) is 4.74 Å². The van der Waals surface area contributed by atoms with Crippen LogP contribution in [0.15, 0.2) is 36.4 Å². The van der Waals surface area contributed by atoms with E-state index in [9.17, 15) is 13.2 Å². The van der Waals surface area contributed by atoms with E-state index in [1.54, 1.807) is 0 Å². The zero-order chi connectivity index (χ0) is 21.4. The molecule has 0 unspecified atom stereocenters. The molecule has 0 saturated heterocycles. The van der Waals surface area contributed by atoms with E-state index in [4.69, 9.17) is 4.74 Å². The highest BCUT2D eigenvalue weighted by Crippen LogP contribution is 2.39. The van der Waals surface area contributed by atoms with Gasteiger partial charge in [-0.1, -0.05) is 50.1 Å². The maximum atomic E-state index is 12.4. The molecule has 0 radical (unpaired) electrons. The lowest BCUT2D eigenvalue weighted by Gasteiger charge is -2.30. The molecule has 0 heterocycles. The van der Waals surface area contributed by atoms with Gasteiger partial charge in [0.25, 0.3) is 0 Å². The maximum absolute atomic E-state index is 12.4. The van der Waals surface area contributed by atoms with Crippen LogP contribution in [0.25, 0.3) is 0 Å². The first kappa shape index (κ1) is 23.4. The molecule has 0 spiro atoms. The highest BCUT2D eigenvalue weighted by atomic mass is 19.4. The summed E-state index contributed by atoms with van der Waals surface area (Å²) in [5, 5.41) is 0. The molecule has 30 heavy (non-hydrogen) atoms. The quantitative estimate of drug-likeness (QED) is 0.302. The summed E-state index contributed by atoms with van der Waals surface area (Å²) in [6.07, 6.45) is 10.1. The first-order valence-corrected chi connectivity index (χ1v) is 11.9. The molecule has 2 fully saturated rings. The number of benzene rings is 1. The van der Waals surface area contributed by atoms with Crippen molar-refractivity contribution in [2.45, 2.75) is 102 Å². The zero-order valence-electron chi connectivity index (χ0n) is 18.3. The summed E-state index contributed by atoms with van der Waals surface area (Å²) >= 11 is 0. The van der Waals surface area contributed by atoms with Crippen LogP contribution in [0.1, 0.15) is 101 Å². The molecule has 1 aromatic carbocycles. The maximum Gasteiger partial charge on any atom is 0.409 e. The molecule has 1 aromatic rings. The van der Waals surface area contributed by atoms with Crippen LogP contribution in [-0.4, -0.2) is 18.9 Å². The van der Waals surface area contributed by atoms with E-state index in [2.05, 4.69) is 31.2 Å². The first-order chi connectivity index (χ1) is 14.4. The molecule has 0 aromatic heterocycles. The van der Waals surface area contributed by atoms with Crippen molar-refractivity contribution in [1.29, 1.82) is 0 Å². The van der Waals surface area contributed by atoms with Crippen molar-refractivity contribution >= 4 is 0 Å². The minimum atomic E-state index is -4.19. The van der Waals surface area contributed by atoms with E-state index in [-0.39, 0.29) is 5.92 Å². The molecule has 3 rings (SSSR count). The molecule has 2 aliphatic carbocycles. The van der Waals surface area contributed by atoms with Gasteiger partial charge in [0.1, 0.15) is 0 Å². The number of hydrogen-bond donors (Lipinski definition) is 0. The molecule has 1 nitrogen and oxygen atoms in total. The molecule has 0 atom stereocenters. The highest BCUT2D eigenvalue weighted by Gasteiger charge is 2.26. The van der Waals surface area contributed by atoms with E-state index < -0.39 is 6.18 Å². The van der Waals surface area contributed by atoms with Gasteiger partial charge in [-0.15, -0.1) is 0 Å². The molecule has 2 aliphatic rings. The minimum absolute atomic E-state index is 0.0709. The largest absolute Gasteiger partial charge is 0.409 e. The van der Waals surface area contributed by atoms with Gasteiger partial charge in [-0.05, 0) is 86.7 Å². The Bertz CT molecular complexity index is 633. The van der Waals surface area contributed by atoms with Crippen LogP contribution in [0.3, 0.4) is 0 Å². The van der Waals surface area contributed by atoms with Gasteiger partial charge in [0.05, 0.1) is 6.10 Å². The van der Waals surface area contributed by atoms with Crippen molar-refractivity contribution in [1.82, 2.24) is 0 Å². The Balaban J connectivity index is 1.42. The summed E-state index contributed by atoms with van der Waals surface area (Å²) in [6, 6.07) is 9.11. The molecule has 0 amide bonds. The Hall–Kier alpha value is -1.29. The summed E-state index contributed by atoms with van der Waals surface area (Å²) in [6.45, 7) is 3.13. The number of ether oxygens (including phenoxy) is 1. The SMILES string of the molecule is CCCCCOC1CCC(c2ccc(C3CCC(/C=C/C(F)(F)F)CC3)cc2)CC1. The Morgan fingerprint density at radius 3 is 1.87 bits per heavy atom. The Morgan fingerprint density at radius 1 is 0.833 bits per heavy atom. The standard InChI is InChI=1S/C26H37F3O/c1-2-3-4-19-30-25-15-13-24(14-16-25)23-11-9-22(10-12-23)21-7-5-20(6-8-21)17-18-26(27,28)29/h9-12,17-18,20-21,24-25H,2-8,13-16,19H2,1H3/b18-17+.